The Bertz CT molecular complexity index is 628. The number of anilines is 1. The number of hydrogen-bond acceptors (Lipinski definition) is 3. The van der Waals surface area contributed by atoms with Gasteiger partial charge in [0, 0.05) is 6.20 Å². The van der Waals surface area contributed by atoms with Gasteiger partial charge in [-0.2, -0.15) is 5.10 Å². The van der Waals surface area contributed by atoms with Gasteiger partial charge in [0.05, 0.1) is 21.4 Å². The molecule has 2 rings (SSSR count). The molecule has 0 spiro atoms. The van der Waals surface area contributed by atoms with Gasteiger partial charge in [0.2, 0.25) is 0 Å². The molecule has 0 aliphatic carbocycles. The summed E-state index contributed by atoms with van der Waals surface area (Å²) in [7, 11) is -3.64. The third kappa shape index (κ3) is 2.62. The van der Waals surface area contributed by atoms with Crippen molar-refractivity contribution in [2.45, 2.75) is 4.90 Å². The Morgan fingerprint density at radius 1 is 1.41 bits per heavy atom. The molecule has 0 amide bonds. The molecule has 1 aromatic heterocycles. The fraction of sp³-hybridized carbons (Fsp3) is 0. The van der Waals surface area contributed by atoms with Gasteiger partial charge in [0.25, 0.3) is 10.0 Å². The van der Waals surface area contributed by atoms with E-state index < -0.39 is 10.0 Å². The van der Waals surface area contributed by atoms with Crippen LogP contribution in [0.2, 0.25) is 5.02 Å². The van der Waals surface area contributed by atoms with E-state index in [9.17, 15) is 8.42 Å². The van der Waals surface area contributed by atoms with E-state index in [4.69, 9.17) is 11.6 Å². The Kier molecular flexibility index (Phi) is 3.41. The third-order valence-corrected chi connectivity index (χ3v) is 4.71. The number of aromatic amines is 1. The van der Waals surface area contributed by atoms with E-state index in [1.165, 1.54) is 12.4 Å². The van der Waals surface area contributed by atoms with Gasteiger partial charge in [-0.05, 0) is 28.1 Å². The summed E-state index contributed by atoms with van der Waals surface area (Å²) in [5.74, 6) is 0. The van der Waals surface area contributed by atoms with Crippen LogP contribution >= 0.6 is 27.5 Å². The Hall–Kier alpha value is -1.05. The number of nitrogens with zero attached hydrogens (tertiary/aromatic N) is 1. The number of H-pyrrole nitrogens is 1. The van der Waals surface area contributed by atoms with Crippen LogP contribution in [0.1, 0.15) is 0 Å². The summed E-state index contributed by atoms with van der Waals surface area (Å²) < 4.78 is 26.7. The molecule has 0 aliphatic heterocycles. The summed E-state index contributed by atoms with van der Waals surface area (Å²) in [5, 5.41) is 6.46. The van der Waals surface area contributed by atoms with Crippen LogP contribution < -0.4 is 4.72 Å². The first-order valence-electron chi connectivity index (χ1n) is 4.46. The molecule has 0 bridgehead atoms. The monoisotopic (exact) mass is 335 g/mol. The van der Waals surface area contributed by atoms with E-state index >= 15 is 0 Å². The average Bonchev–Trinajstić information content (AvgIpc) is 2.78. The fourth-order valence-electron chi connectivity index (χ4n) is 1.17. The molecular formula is C9H7BrClN3O2S. The first kappa shape index (κ1) is 12.4. The third-order valence-electron chi connectivity index (χ3n) is 1.98. The molecule has 0 fully saturated rings. The lowest BCUT2D eigenvalue weighted by Gasteiger charge is -2.08. The van der Waals surface area contributed by atoms with Gasteiger partial charge in [-0.25, -0.2) is 8.42 Å². The van der Waals surface area contributed by atoms with Gasteiger partial charge in [0.1, 0.15) is 4.90 Å². The predicted octanol–water partition coefficient (Wildman–Crippen LogP) is 2.63. The molecule has 1 aromatic carbocycles. The molecule has 1 heterocycles. The quantitative estimate of drug-likeness (QED) is 0.905. The van der Waals surface area contributed by atoms with E-state index in [1.807, 2.05) is 0 Å². The van der Waals surface area contributed by atoms with Crippen LogP contribution in [0, 0.1) is 0 Å². The summed E-state index contributed by atoms with van der Waals surface area (Å²) in [6, 6.07) is 4.91. The number of hydrogen-bond donors (Lipinski definition) is 2. The van der Waals surface area contributed by atoms with Crippen LogP contribution in [-0.4, -0.2) is 18.6 Å². The van der Waals surface area contributed by atoms with Crippen molar-refractivity contribution in [3.63, 3.8) is 0 Å². The highest BCUT2D eigenvalue weighted by Crippen LogP contribution is 2.31. The Morgan fingerprint density at radius 3 is 2.82 bits per heavy atom. The van der Waals surface area contributed by atoms with Crippen LogP contribution in [0.15, 0.2) is 40.0 Å². The van der Waals surface area contributed by atoms with Crippen molar-refractivity contribution in [2.24, 2.45) is 0 Å². The Labute approximate surface area is 111 Å². The van der Waals surface area contributed by atoms with Gasteiger partial charge >= 0.3 is 0 Å². The molecule has 0 aliphatic rings. The van der Waals surface area contributed by atoms with E-state index in [0.717, 1.165) is 0 Å². The van der Waals surface area contributed by atoms with Gasteiger partial charge < -0.3 is 0 Å². The Morgan fingerprint density at radius 2 is 2.18 bits per heavy atom. The zero-order chi connectivity index (χ0) is 12.5. The number of aromatic nitrogens is 2. The van der Waals surface area contributed by atoms with E-state index in [-0.39, 0.29) is 4.90 Å². The van der Waals surface area contributed by atoms with Crippen LogP contribution in [0.5, 0.6) is 0 Å². The van der Waals surface area contributed by atoms with Gasteiger partial charge in [0.15, 0.2) is 0 Å². The van der Waals surface area contributed by atoms with E-state index in [2.05, 4.69) is 30.8 Å². The molecule has 0 saturated carbocycles. The lowest BCUT2D eigenvalue weighted by atomic mass is 10.3. The lowest BCUT2D eigenvalue weighted by molar-refractivity contribution is 0.601. The maximum absolute atomic E-state index is 11.9. The molecule has 0 saturated heterocycles. The van der Waals surface area contributed by atoms with Crippen molar-refractivity contribution in [1.29, 1.82) is 0 Å². The molecule has 8 heteroatoms. The first-order chi connectivity index (χ1) is 8.00. The summed E-state index contributed by atoms with van der Waals surface area (Å²) >= 11 is 9.08. The van der Waals surface area contributed by atoms with Crippen LogP contribution in [-0.2, 0) is 10.0 Å². The molecular weight excluding hydrogens is 330 g/mol. The van der Waals surface area contributed by atoms with Crippen molar-refractivity contribution in [2.75, 3.05) is 4.72 Å². The molecule has 2 N–H and O–H groups in total. The predicted molar refractivity (Wildman–Crippen MR) is 68.5 cm³/mol. The molecule has 17 heavy (non-hydrogen) atoms. The van der Waals surface area contributed by atoms with Gasteiger partial charge in [-0.1, -0.05) is 17.7 Å². The smallest absolute Gasteiger partial charge is 0.265 e. The van der Waals surface area contributed by atoms with Crippen molar-refractivity contribution < 1.29 is 8.42 Å². The van der Waals surface area contributed by atoms with Crippen molar-refractivity contribution >= 4 is 43.2 Å². The largest absolute Gasteiger partial charge is 0.284 e. The molecule has 90 valence electrons. The van der Waals surface area contributed by atoms with Gasteiger partial charge in [-0.15, -0.1) is 0 Å². The highest BCUT2D eigenvalue weighted by atomic mass is 79.9. The molecule has 0 atom stereocenters. The molecule has 0 unspecified atom stereocenters. The van der Waals surface area contributed by atoms with Crippen LogP contribution in [0.3, 0.4) is 0 Å². The summed E-state index contributed by atoms with van der Waals surface area (Å²) in [6.07, 6.45) is 2.52. The summed E-state index contributed by atoms with van der Waals surface area (Å²) in [6.45, 7) is 0. The highest BCUT2D eigenvalue weighted by Gasteiger charge is 2.17. The second-order valence-electron chi connectivity index (χ2n) is 3.14. The number of halogens is 2. The van der Waals surface area contributed by atoms with Crippen molar-refractivity contribution in [1.82, 2.24) is 10.2 Å². The number of benzene rings is 1. The van der Waals surface area contributed by atoms with Gasteiger partial charge in [-0.3, -0.25) is 9.82 Å². The minimum Gasteiger partial charge on any atom is -0.284 e. The zero-order valence-corrected chi connectivity index (χ0v) is 11.5. The van der Waals surface area contributed by atoms with Crippen LogP contribution in [0.4, 0.5) is 5.69 Å². The molecule has 0 radical (unpaired) electrons. The highest BCUT2D eigenvalue weighted by molar-refractivity contribution is 9.10. The second-order valence-corrected chi connectivity index (χ2v) is 6.02. The van der Waals surface area contributed by atoms with Crippen LogP contribution in [0.25, 0.3) is 0 Å². The second kappa shape index (κ2) is 4.67. The standard InChI is InChI=1S/C9H7BrClN3O2S/c10-9-7(11)2-1-3-8(9)14-17(15,16)6-4-12-13-5-6/h1-5,14H,(H,12,13). The maximum Gasteiger partial charge on any atom is 0.265 e. The topological polar surface area (TPSA) is 74.8 Å². The summed E-state index contributed by atoms with van der Waals surface area (Å²) in [4.78, 5) is 0.0596. The fourth-order valence-corrected chi connectivity index (χ4v) is 2.82. The zero-order valence-electron chi connectivity index (χ0n) is 8.31. The normalized spacial score (nSPS) is 11.4. The minimum atomic E-state index is -3.64. The average molecular weight is 337 g/mol. The van der Waals surface area contributed by atoms with E-state index in [0.29, 0.717) is 15.2 Å². The molecule has 2 aromatic rings. The van der Waals surface area contributed by atoms with Crippen molar-refractivity contribution in [3.8, 4) is 0 Å². The maximum atomic E-state index is 11.9. The Balaban J connectivity index is 2.37. The lowest BCUT2D eigenvalue weighted by Crippen LogP contribution is -2.12. The number of sulfonamides is 1. The first-order valence-corrected chi connectivity index (χ1v) is 7.12. The molecule has 5 nitrogen and oxygen atoms in total. The number of nitrogens with one attached hydrogen (secondary N) is 2. The SMILES string of the molecule is O=S(=O)(Nc1cccc(Cl)c1Br)c1cn[nH]c1. The summed E-state index contributed by atoms with van der Waals surface area (Å²) in [5.41, 5.74) is 0.374. The number of rotatable bonds is 3. The van der Waals surface area contributed by atoms with E-state index in [1.54, 1.807) is 18.2 Å². The van der Waals surface area contributed by atoms with Crippen molar-refractivity contribution in [3.05, 3.63) is 40.1 Å². The minimum absolute atomic E-state index is 0.0596.